The molecule has 1 atom stereocenters. The Balaban J connectivity index is 1.91. The van der Waals surface area contributed by atoms with Crippen LogP contribution in [0.5, 0.6) is 0 Å². The van der Waals surface area contributed by atoms with Crippen molar-refractivity contribution in [2.45, 2.75) is 19.5 Å². The summed E-state index contributed by atoms with van der Waals surface area (Å²) in [5.41, 5.74) is 2.01. The van der Waals surface area contributed by atoms with Crippen LogP contribution in [-0.4, -0.2) is 24.9 Å². The highest BCUT2D eigenvalue weighted by Crippen LogP contribution is 2.12. The highest BCUT2D eigenvalue weighted by Gasteiger charge is 2.13. The zero-order chi connectivity index (χ0) is 17.5. The fourth-order valence-electron chi connectivity index (χ4n) is 2.15. The number of benzene rings is 2. The van der Waals surface area contributed by atoms with E-state index in [1.807, 2.05) is 0 Å². The van der Waals surface area contributed by atoms with Crippen LogP contribution >= 0.6 is 0 Å². The molecule has 0 aliphatic carbocycles. The lowest BCUT2D eigenvalue weighted by atomic mass is 10.1. The van der Waals surface area contributed by atoms with E-state index in [0.717, 1.165) is 5.56 Å². The number of carbonyl (C=O) groups excluding carboxylic acids is 2. The first-order valence-corrected chi connectivity index (χ1v) is 7.60. The maximum absolute atomic E-state index is 12.8. The smallest absolute Gasteiger partial charge is 0.251 e. The van der Waals surface area contributed by atoms with Crippen molar-refractivity contribution in [3.63, 3.8) is 0 Å². The minimum absolute atomic E-state index is 0.188. The molecule has 126 valence electrons. The number of nitrogens with one attached hydrogen (secondary N) is 3. The van der Waals surface area contributed by atoms with Gasteiger partial charge in [-0.25, -0.2) is 4.39 Å². The molecule has 5 nitrogen and oxygen atoms in total. The summed E-state index contributed by atoms with van der Waals surface area (Å²) in [5.74, 6) is -0.687. The van der Waals surface area contributed by atoms with Crippen LogP contribution in [0.15, 0.2) is 48.5 Å². The van der Waals surface area contributed by atoms with Crippen molar-refractivity contribution in [3.05, 3.63) is 65.5 Å². The zero-order valence-corrected chi connectivity index (χ0v) is 13.6. The topological polar surface area (TPSA) is 70.2 Å². The Morgan fingerprint density at radius 2 is 1.83 bits per heavy atom. The average molecular weight is 329 g/mol. The highest BCUT2D eigenvalue weighted by atomic mass is 19.1. The normalized spacial score (nSPS) is 11.5. The zero-order valence-electron chi connectivity index (χ0n) is 13.6. The lowest BCUT2D eigenvalue weighted by Gasteiger charge is -2.16. The van der Waals surface area contributed by atoms with E-state index in [9.17, 15) is 14.0 Å². The number of anilines is 1. The van der Waals surface area contributed by atoms with E-state index in [1.54, 1.807) is 50.4 Å². The van der Waals surface area contributed by atoms with Crippen molar-refractivity contribution in [2.24, 2.45) is 0 Å². The van der Waals surface area contributed by atoms with Crippen molar-refractivity contribution < 1.29 is 14.0 Å². The predicted molar refractivity (Wildman–Crippen MR) is 91.2 cm³/mol. The quantitative estimate of drug-likeness (QED) is 0.762. The number of amides is 2. The van der Waals surface area contributed by atoms with E-state index in [0.29, 0.717) is 17.8 Å². The Hall–Kier alpha value is -2.89. The molecule has 0 fully saturated rings. The molecule has 0 aliphatic rings. The summed E-state index contributed by atoms with van der Waals surface area (Å²) in [4.78, 5) is 23.8. The second-order valence-corrected chi connectivity index (χ2v) is 5.37. The molecule has 2 rings (SSSR count). The SMILES string of the molecule is CNC(=O)c1cccc(NC(C)C(=O)NCc2ccc(F)cc2)c1. The van der Waals surface area contributed by atoms with Crippen molar-refractivity contribution in [1.29, 1.82) is 0 Å². The number of halogens is 1. The molecule has 0 aromatic heterocycles. The van der Waals surface area contributed by atoms with Gasteiger partial charge in [0.25, 0.3) is 5.91 Å². The molecule has 2 aromatic rings. The molecule has 6 heteroatoms. The Morgan fingerprint density at radius 1 is 1.12 bits per heavy atom. The molecule has 0 saturated carbocycles. The molecule has 0 spiro atoms. The minimum Gasteiger partial charge on any atom is -0.374 e. The van der Waals surface area contributed by atoms with E-state index in [1.165, 1.54) is 12.1 Å². The number of hydrogen-bond acceptors (Lipinski definition) is 3. The van der Waals surface area contributed by atoms with Crippen LogP contribution in [0, 0.1) is 5.82 Å². The molecule has 0 bridgehead atoms. The van der Waals surface area contributed by atoms with E-state index >= 15 is 0 Å². The lowest BCUT2D eigenvalue weighted by molar-refractivity contribution is -0.121. The highest BCUT2D eigenvalue weighted by molar-refractivity contribution is 5.95. The molecule has 3 N–H and O–H groups in total. The van der Waals surface area contributed by atoms with Gasteiger partial charge in [0, 0.05) is 24.8 Å². The van der Waals surface area contributed by atoms with Crippen molar-refractivity contribution in [2.75, 3.05) is 12.4 Å². The van der Waals surface area contributed by atoms with Gasteiger partial charge in [0.2, 0.25) is 5.91 Å². The second kappa shape index (κ2) is 8.10. The predicted octanol–water partition coefficient (Wildman–Crippen LogP) is 2.30. The summed E-state index contributed by atoms with van der Waals surface area (Å²) in [6.07, 6.45) is 0. The Labute approximate surface area is 140 Å². The maximum atomic E-state index is 12.8. The van der Waals surface area contributed by atoms with Crippen LogP contribution in [-0.2, 0) is 11.3 Å². The van der Waals surface area contributed by atoms with Crippen LogP contribution in [0.4, 0.5) is 10.1 Å². The number of hydrogen-bond donors (Lipinski definition) is 3. The third kappa shape index (κ3) is 4.81. The third-order valence-electron chi connectivity index (χ3n) is 3.51. The van der Waals surface area contributed by atoms with Crippen molar-refractivity contribution >= 4 is 17.5 Å². The Morgan fingerprint density at radius 3 is 2.50 bits per heavy atom. The van der Waals surface area contributed by atoms with Gasteiger partial charge in [0.1, 0.15) is 11.9 Å². The Bertz CT molecular complexity index is 716. The van der Waals surface area contributed by atoms with Gasteiger partial charge in [-0.2, -0.15) is 0 Å². The van der Waals surface area contributed by atoms with Gasteiger partial charge in [-0.05, 0) is 42.8 Å². The second-order valence-electron chi connectivity index (χ2n) is 5.37. The van der Waals surface area contributed by atoms with E-state index in [2.05, 4.69) is 16.0 Å². The van der Waals surface area contributed by atoms with Gasteiger partial charge in [0.05, 0.1) is 0 Å². The fraction of sp³-hybridized carbons (Fsp3) is 0.222. The largest absolute Gasteiger partial charge is 0.374 e. The monoisotopic (exact) mass is 329 g/mol. The minimum atomic E-state index is -0.481. The third-order valence-corrected chi connectivity index (χ3v) is 3.51. The van der Waals surface area contributed by atoms with Gasteiger partial charge < -0.3 is 16.0 Å². The van der Waals surface area contributed by atoms with Crippen LogP contribution in [0.1, 0.15) is 22.8 Å². The van der Waals surface area contributed by atoms with Crippen molar-refractivity contribution in [1.82, 2.24) is 10.6 Å². The van der Waals surface area contributed by atoms with E-state index < -0.39 is 6.04 Å². The molecule has 2 amide bonds. The maximum Gasteiger partial charge on any atom is 0.251 e. The molecule has 2 aromatic carbocycles. The average Bonchev–Trinajstić information content (AvgIpc) is 2.60. The summed E-state index contributed by atoms with van der Waals surface area (Å²) in [5, 5.41) is 8.39. The van der Waals surface area contributed by atoms with Crippen LogP contribution in [0.25, 0.3) is 0 Å². The molecule has 0 heterocycles. The van der Waals surface area contributed by atoms with Gasteiger partial charge in [-0.1, -0.05) is 18.2 Å². The van der Waals surface area contributed by atoms with Crippen LogP contribution in [0.2, 0.25) is 0 Å². The molecule has 0 radical (unpaired) electrons. The molecule has 1 unspecified atom stereocenters. The first-order valence-electron chi connectivity index (χ1n) is 7.60. The molecular weight excluding hydrogens is 309 g/mol. The summed E-state index contributed by atoms with van der Waals surface area (Å²) in [6.45, 7) is 2.05. The lowest BCUT2D eigenvalue weighted by Crippen LogP contribution is -2.37. The standard InChI is InChI=1S/C18H20FN3O2/c1-12(17(23)21-11-13-6-8-15(19)9-7-13)22-16-5-3-4-14(10-16)18(24)20-2/h3-10,12,22H,11H2,1-2H3,(H,20,24)(H,21,23). The first-order chi connectivity index (χ1) is 11.5. The molecule has 24 heavy (non-hydrogen) atoms. The number of carbonyl (C=O) groups is 2. The van der Waals surface area contributed by atoms with Gasteiger partial charge >= 0.3 is 0 Å². The number of rotatable bonds is 6. The molecule has 0 aliphatic heterocycles. The Kier molecular flexibility index (Phi) is 5.89. The van der Waals surface area contributed by atoms with Gasteiger partial charge in [-0.15, -0.1) is 0 Å². The van der Waals surface area contributed by atoms with Crippen LogP contribution < -0.4 is 16.0 Å². The van der Waals surface area contributed by atoms with E-state index in [-0.39, 0.29) is 17.6 Å². The molecule has 0 saturated heterocycles. The summed E-state index contributed by atoms with van der Waals surface area (Å²) >= 11 is 0. The molecular formula is C18H20FN3O2. The van der Waals surface area contributed by atoms with Gasteiger partial charge in [0.15, 0.2) is 0 Å². The van der Waals surface area contributed by atoms with Gasteiger partial charge in [-0.3, -0.25) is 9.59 Å². The van der Waals surface area contributed by atoms with E-state index in [4.69, 9.17) is 0 Å². The first kappa shape index (κ1) is 17.5. The fourth-order valence-corrected chi connectivity index (χ4v) is 2.15. The van der Waals surface area contributed by atoms with Crippen molar-refractivity contribution in [3.8, 4) is 0 Å². The summed E-state index contributed by atoms with van der Waals surface area (Å²) in [6, 6.07) is 12.4. The van der Waals surface area contributed by atoms with Crippen LogP contribution in [0.3, 0.4) is 0 Å². The summed E-state index contributed by atoms with van der Waals surface area (Å²) in [7, 11) is 1.56. The summed E-state index contributed by atoms with van der Waals surface area (Å²) < 4.78 is 12.8.